The second-order valence-corrected chi connectivity index (χ2v) is 10.6. The molecule has 0 aromatic heterocycles. The minimum absolute atomic E-state index is 0.0202. The first-order valence-corrected chi connectivity index (χ1v) is 11.8. The third-order valence-electron chi connectivity index (χ3n) is 8.92. The maximum atomic E-state index is 11.8. The molecule has 1 saturated carbocycles. The first-order chi connectivity index (χ1) is 16.0. The third kappa shape index (κ3) is 3.12. The number of rotatable bonds is 5. The molecule has 11 heteroatoms. The Labute approximate surface area is 197 Å². The van der Waals surface area contributed by atoms with Crippen molar-refractivity contribution in [3.05, 3.63) is 11.6 Å². The Morgan fingerprint density at radius 2 is 1.85 bits per heavy atom. The molecule has 0 aromatic rings. The van der Waals surface area contributed by atoms with E-state index in [1.165, 1.54) is 6.92 Å². The molecule has 1 spiro atoms. The van der Waals surface area contributed by atoms with Crippen molar-refractivity contribution in [2.45, 2.75) is 94.3 Å². The summed E-state index contributed by atoms with van der Waals surface area (Å²) in [7, 11) is 0. The molecule has 12 atom stereocenters. The van der Waals surface area contributed by atoms with Gasteiger partial charge >= 0.3 is 5.97 Å². The molecule has 3 saturated heterocycles. The summed E-state index contributed by atoms with van der Waals surface area (Å²) in [5, 5.41) is 51.9. The molecule has 3 heterocycles. The number of carbonyl (C=O) groups excluding carboxylic acids is 1. The summed E-state index contributed by atoms with van der Waals surface area (Å²) in [4.78, 5) is 11.8. The fraction of sp³-hybridized carbons (Fsp3) is 0.870. The molecule has 2 bridgehead atoms. The monoisotopic (exact) mass is 486 g/mol. The molecule has 0 amide bonds. The van der Waals surface area contributed by atoms with E-state index in [9.17, 15) is 30.3 Å². The maximum Gasteiger partial charge on any atom is 0.302 e. The molecular weight excluding hydrogens is 452 g/mol. The zero-order valence-corrected chi connectivity index (χ0v) is 19.5. The van der Waals surface area contributed by atoms with Gasteiger partial charge in [-0.1, -0.05) is 18.6 Å². The van der Waals surface area contributed by atoms with Gasteiger partial charge in [0.25, 0.3) is 0 Å². The average Bonchev–Trinajstić information content (AvgIpc) is 3.58. The van der Waals surface area contributed by atoms with Gasteiger partial charge in [0.1, 0.15) is 48.8 Å². The Kier molecular flexibility index (Phi) is 5.91. The van der Waals surface area contributed by atoms with E-state index in [1.54, 1.807) is 0 Å². The molecule has 4 fully saturated rings. The molecule has 3 aliphatic heterocycles. The van der Waals surface area contributed by atoms with E-state index in [0.29, 0.717) is 13.0 Å². The summed E-state index contributed by atoms with van der Waals surface area (Å²) in [5.74, 6) is -0.444. The van der Waals surface area contributed by atoms with Crippen LogP contribution >= 0.6 is 0 Å². The van der Waals surface area contributed by atoms with Crippen molar-refractivity contribution in [3.63, 3.8) is 0 Å². The van der Waals surface area contributed by atoms with Crippen LogP contribution in [-0.4, -0.2) is 112 Å². The summed E-state index contributed by atoms with van der Waals surface area (Å²) in [6.45, 7) is 4.99. The molecule has 5 N–H and O–H groups in total. The van der Waals surface area contributed by atoms with Crippen LogP contribution in [0.1, 0.15) is 33.6 Å². The molecular formula is C23H34O11. The van der Waals surface area contributed by atoms with Crippen LogP contribution in [0.5, 0.6) is 0 Å². The van der Waals surface area contributed by atoms with Crippen LogP contribution in [0.15, 0.2) is 11.6 Å². The van der Waals surface area contributed by atoms with Crippen LogP contribution in [0.4, 0.5) is 0 Å². The van der Waals surface area contributed by atoms with Crippen molar-refractivity contribution in [1.82, 2.24) is 0 Å². The van der Waals surface area contributed by atoms with Gasteiger partial charge in [-0.2, -0.15) is 0 Å². The van der Waals surface area contributed by atoms with Crippen molar-refractivity contribution in [1.29, 1.82) is 0 Å². The zero-order chi connectivity index (χ0) is 24.6. The molecule has 5 rings (SSSR count). The lowest BCUT2D eigenvalue weighted by molar-refractivity contribution is -0.330. The number of allylic oxidation sites excluding steroid dienone is 1. The predicted octanol–water partition coefficient (Wildman–Crippen LogP) is -1.62. The molecule has 5 aliphatic rings. The fourth-order valence-corrected chi connectivity index (χ4v) is 6.77. The van der Waals surface area contributed by atoms with Gasteiger partial charge in [-0.15, -0.1) is 0 Å². The highest BCUT2D eigenvalue weighted by Crippen LogP contribution is 2.72. The van der Waals surface area contributed by atoms with Crippen molar-refractivity contribution < 1.29 is 54.0 Å². The fourth-order valence-electron chi connectivity index (χ4n) is 6.77. The average molecular weight is 487 g/mol. The van der Waals surface area contributed by atoms with Gasteiger partial charge in [-0.25, -0.2) is 0 Å². The summed E-state index contributed by atoms with van der Waals surface area (Å²) in [6.07, 6.45) is -7.43. The van der Waals surface area contributed by atoms with Gasteiger partial charge in [0.2, 0.25) is 0 Å². The summed E-state index contributed by atoms with van der Waals surface area (Å²) in [6, 6.07) is 0. The van der Waals surface area contributed by atoms with Crippen LogP contribution in [0.25, 0.3) is 0 Å². The maximum absolute atomic E-state index is 11.8. The number of carbonyl (C=O) groups is 1. The van der Waals surface area contributed by atoms with Gasteiger partial charge in [-0.05, 0) is 19.8 Å². The van der Waals surface area contributed by atoms with Crippen molar-refractivity contribution in [3.8, 4) is 0 Å². The van der Waals surface area contributed by atoms with Crippen molar-refractivity contribution >= 4 is 5.97 Å². The number of epoxide rings is 1. The molecule has 0 aromatic carbocycles. The Bertz CT molecular complexity index is 856. The van der Waals surface area contributed by atoms with E-state index in [-0.39, 0.29) is 6.61 Å². The molecule has 192 valence electrons. The molecule has 34 heavy (non-hydrogen) atoms. The second kappa shape index (κ2) is 8.19. The highest BCUT2D eigenvalue weighted by atomic mass is 16.7. The Morgan fingerprint density at radius 3 is 2.47 bits per heavy atom. The van der Waals surface area contributed by atoms with Crippen LogP contribution in [0.3, 0.4) is 0 Å². The minimum atomic E-state index is -1.63. The van der Waals surface area contributed by atoms with E-state index >= 15 is 0 Å². The quantitative estimate of drug-likeness (QED) is 0.172. The SMILES string of the molecule is CC(=O)OCC12CCC(C)=CC1OC1C(O)C(OC3OC(CO)C(O)C(O)C3O)C2(C)C12CO2. The lowest BCUT2D eigenvalue weighted by Gasteiger charge is -2.58. The van der Waals surface area contributed by atoms with Crippen LogP contribution in [0, 0.1) is 10.8 Å². The smallest absolute Gasteiger partial charge is 0.302 e. The number of esters is 1. The van der Waals surface area contributed by atoms with E-state index in [1.807, 2.05) is 19.9 Å². The summed E-state index contributed by atoms with van der Waals surface area (Å²) in [5.41, 5.74) is -1.50. The van der Waals surface area contributed by atoms with Crippen LogP contribution in [-0.2, 0) is 28.5 Å². The van der Waals surface area contributed by atoms with Gasteiger partial charge in [-0.3, -0.25) is 4.79 Å². The molecule has 0 radical (unpaired) electrons. The normalized spacial score (nSPS) is 53.9. The van der Waals surface area contributed by atoms with Gasteiger partial charge < -0.3 is 49.2 Å². The van der Waals surface area contributed by atoms with Crippen LogP contribution in [0.2, 0.25) is 0 Å². The number of aliphatic hydroxyl groups is 5. The molecule has 12 unspecified atom stereocenters. The van der Waals surface area contributed by atoms with E-state index < -0.39 is 84.1 Å². The number of ether oxygens (including phenoxy) is 5. The Morgan fingerprint density at radius 1 is 1.15 bits per heavy atom. The first-order valence-electron chi connectivity index (χ1n) is 11.8. The van der Waals surface area contributed by atoms with Crippen molar-refractivity contribution in [2.24, 2.45) is 10.8 Å². The topological polar surface area (TPSA) is 168 Å². The summed E-state index contributed by atoms with van der Waals surface area (Å²) >= 11 is 0. The van der Waals surface area contributed by atoms with Crippen LogP contribution < -0.4 is 0 Å². The lowest BCUT2D eigenvalue weighted by Crippen LogP contribution is -2.67. The highest BCUT2D eigenvalue weighted by molar-refractivity contribution is 5.66. The minimum Gasteiger partial charge on any atom is -0.465 e. The van der Waals surface area contributed by atoms with E-state index in [0.717, 1.165) is 12.0 Å². The van der Waals surface area contributed by atoms with Gasteiger partial charge in [0, 0.05) is 17.8 Å². The Hall–Kier alpha value is -1.15. The predicted molar refractivity (Wildman–Crippen MR) is 112 cm³/mol. The van der Waals surface area contributed by atoms with E-state index in [2.05, 4.69) is 0 Å². The number of aliphatic hydroxyl groups excluding tert-OH is 5. The van der Waals surface area contributed by atoms with Crippen molar-refractivity contribution in [2.75, 3.05) is 19.8 Å². The summed E-state index contributed by atoms with van der Waals surface area (Å²) < 4.78 is 29.7. The number of hydrogen-bond acceptors (Lipinski definition) is 11. The van der Waals surface area contributed by atoms with Gasteiger partial charge in [0.15, 0.2) is 6.29 Å². The lowest BCUT2D eigenvalue weighted by atomic mass is 9.51. The third-order valence-corrected chi connectivity index (χ3v) is 8.92. The molecule has 2 aliphatic carbocycles. The second-order valence-electron chi connectivity index (χ2n) is 10.6. The Balaban J connectivity index is 1.55. The highest BCUT2D eigenvalue weighted by Gasteiger charge is 2.85. The zero-order valence-electron chi connectivity index (χ0n) is 19.5. The largest absolute Gasteiger partial charge is 0.465 e. The standard InChI is InChI=1S/C23H34O11/c1-10-4-5-22(8-30-11(2)25)13(6-10)33-19-17(29)18(21(22,3)23(19)9-31-23)34-20-16(28)15(27)14(26)12(7-24)32-20/h6,12-20,24,26-29H,4-5,7-9H2,1-3H3. The van der Waals surface area contributed by atoms with Gasteiger partial charge in [0.05, 0.1) is 25.4 Å². The van der Waals surface area contributed by atoms with E-state index in [4.69, 9.17) is 23.7 Å². The number of fused-ring (bicyclic) bond motifs is 2. The first kappa shape index (κ1) is 24.5. The number of hydrogen-bond donors (Lipinski definition) is 5. The molecule has 11 nitrogen and oxygen atoms in total.